The summed E-state index contributed by atoms with van der Waals surface area (Å²) in [5.41, 5.74) is 0. The molecule has 0 aromatic rings. The van der Waals surface area contributed by atoms with Gasteiger partial charge in [0.25, 0.3) is 0 Å². The maximum Gasteiger partial charge on any atom is 0.233 e. The molecule has 0 heterocycles. The van der Waals surface area contributed by atoms with Crippen molar-refractivity contribution in [2.75, 3.05) is 26.4 Å². The quantitative estimate of drug-likeness (QED) is 0.507. The zero-order valence-electron chi connectivity index (χ0n) is 7.75. The average Bonchev–Trinajstić information content (AvgIpc) is 2.16. The highest BCUT2D eigenvalue weighted by molar-refractivity contribution is 9.10. The van der Waals surface area contributed by atoms with Gasteiger partial charge in [-0.1, -0.05) is 22.9 Å². The summed E-state index contributed by atoms with van der Waals surface area (Å²) in [6.07, 6.45) is 0.767. The normalized spacial score (nSPS) is 12.5. The van der Waals surface area contributed by atoms with Gasteiger partial charge in [0, 0.05) is 6.54 Å². The van der Waals surface area contributed by atoms with Gasteiger partial charge in [-0.15, -0.1) is 0 Å². The lowest BCUT2D eigenvalue weighted by Gasteiger charge is -2.08. The summed E-state index contributed by atoms with van der Waals surface area (Å²) in [4.78, 5) is 11.0. The minimum absolute atomic E-state index is 0.0178. The molecule has 0 bridgehead atoms. The summed E-state index contributed by atoms with van der Waals surface area (Å²) >= 11 is 3.23. The van der Waals surface area contributed by atoms with Gasteiger partial charge in [-0.05, 0) is 6.42 Å². The molecule has 0 aromatic carbocycles. The summed E-state index contributed by atoms with van der Waals surface area (Å²) in [6.45, 7) is 3.20. The summed E-state index contributed by atoms with van der Waals surface area (Å²) in [5, 5.41) is 11.1. The van der Waals surface area contributed by atoms with Crippen LogP contribution >= 0.6 is 15.9 Å². The maximum absolute atomic E-state index is 11.1. The van der Waals surface area contributed by atoms with Gasteiger partial charge in [0.15, 0.2) is 0 Å². The van der Waals surface area contributed by atoms with E-state index in [2.05, 4.69) is 21.2 Å². The number of halogens is 1. The molecule has 0 aliphatic rings. The number of hydrogen-bond donors (Lipinski definition) is 2. The van der Waals surface area contributed by atoms with Crippen LogP contribution in [0.25, 0.3) is 0 Å². The lowest BCUT2D eigenvalue weighted by molar-refractivity contribution is -0.120. The smallest absolute Gasteiger partial charge is 0.233 e. The van der Waals surface area contributed by atoms with E-state index in [1.165, 1.54) is 0 Å². The van der Waals surface area contributed by atoms with Crippen LogP contribution < -0.4 is 5.32 Å². The zero-order valence-corrected chi connectivity index (χ0v) is 9.34. The molecular weight excluding hydrogens is 238 g/mol. The van der Waals surface area contributed by atoms with Gasteiger partial charge in [0.1, 0.15) is 0 Å². The van der Waals surface area contributed by atoms with Crippen molar-refractivity contribution in [3.8, 4) is 0 Å². The van der Waals surface area contributed by atoms with E-state index >= 15 is 0 Å². The number of aliphatic hydroxyl groups is 1. The number of hydrogen-bond acceptors (Lipinski definition) is 3. The number of carbonyl (C=O) groups is 1. The third-order valence-electron chi connectivity index (χ3n) is 1.42. The summed E-state index contributed by atoms with van der Waals surface area (Å²) in [5.74, 6) is -0.0184. The lowest BCUT2D eigenvalue weighted by atomic mass is 10.3. The molecule has 0 saturated heterocycles. The Kier molecular flexibility index (Phi) is 8.38. The second-order valence-corrected chi connectivity index (χ2v) is 3.61. The van der Waals surface area contributed by atoms with Crippen LogP contribution in [0.2, 0.25) is 0 Å². The first kappa shape index (κ1) is 12.9. The molecule has 0 saturated carbocycles. The molecule has 13 heavy (non-hydrogen) atoms. The minimum Gasteiger partial charge on any atom is -0.394 e. The lowest BCUT2D eigenvalue weighted by Crippen LogP contribution is -2.33. The monoisotopic (exact) mass is 253 g/mol. The van der Waals surface area contributed by atoms with Crippen LogP contribution in [0.5, 0.6) is 0 Å². The van der Waals surface area contributed by atoms with Crippen LogP contribution in [0.1, 0.15) is 13.3 Å². The van der Waals surface area contributed by atoms with Crippen LogP contribution in [0, 0.1) is 0 Å². The molecule has 0 aromatic heterocycles. The fourth-order valence-electron chi connectivity index (χ4n) is 0.709. The van der Waals surface area contributed by atoms with Crippen molar-refractivity contribution < 1.29 is 14.6 Å². The molecule has 0 aliphatic heterocycles. The predicted molar refractivity (Wildman–Crippen MR) is 53.9 cm³/mol. The predicted octanol–water partition coefficient (Wildman–Crippen LogP) is 0.285. The molecule has 0 rings (SSSR count). The van der Waals surface area contributed by atoms with Gasteiger partial charge >= 0.3 is 0 Å². The Hall–Kier alpha value is -0.130. The van der Waals surface area contributed by atoms with E-state index < -0.39 is 0 Å². The Morgan fingerprint density at radius 3 is 2.85 bits per heavy atom. The number of nitrogens with one attached hydrogen (secondary N) is 1. The standard InChI is InChI=1S/C8H16BrNO3/c1-2-7(9)8(12)10-3-5-13-6-4-11/h7,11H,2-6H2,1H3,(H,10,12). The Morgan fingerprint density at radius 2 is 2.31 bits per heavy atom. The second kappa shape index (κ2) is 8.47. The maximum atomic E-state index is 11.1. The van der Waals surface area contributed by atoms with Crippen molar-refractivity contribution in [2.24, 2.45) is 0 Å². The van der Waals surface area contributed by atoms with E-state index in [4.69, 9.17) is 9.84 Å². The number of carbonyl (C=O) groups excluding carboxylic acids is 1. The van der Waals surface area contributed by atoms with E-state index in [9.17, 15) is 4.79 Å². The van der Waals surface area contributed by atoms with Crippen molar-refractivity contribution in [1.82, 2.24) is 5.32 Å². The fourth-order valence-corrected chi connectivity index (χ4v) is 0.871. The highest BCUT2D eigenvalue weighted by Gasteiger charge is 2.10. The molecule has 1 amide bonds. The Labute approximate surface area is 86.8 Å². The van der Waals surface area contributed by atoms with Crippen LogP contribution in [0.4, 0.5) is 0 Å². The highest BCUT2D eigenvalue weighted by Crippen LogP contribution is 2.02. The van der Waals surface area contributed by atoms with E-state index in [1.54, 1.807) is 0 Å². The molecule has 2 N–H and O–H groups in total. The van der Waals surface area contributed by atoms with E-state index in [0.29, 0.717) is 19.8 Å². The van der Waals surface area contributed by atoms with Crippen molar-refractivity contribution in [2.45, 2.75) is 18.2 Å². The molecular formula is C8H16BrNO3. The molecule has 0 fully saturated rings. The summed E-state index contributed by atoms with van der Waals surface area (Å²) in [7, 11) is 0. The highest BCUT2D eigenvalue weighted by atomic mass is 79.9. The topological polar surface area (TPSA) is 58.6 Å². The van der Waals surface area contributed by atoms with Crippen molar-refractivity contribution in [3.63, 3.8) is 0 Å². The molecule has 0 radical (unpaired) electrons. The molecule has 78 valence electrons. The fraction of sp³-hybridized carbons (Fsp3) is 0.875. The van der Waals surface area contributed by atoms with Gasteiger partial charge < -0.3 is 15.2 Å². The van der Waals surface area contributed by atoms with Crippen LogP contribution in [-0.2, 0) is 9.53 Å². The molecule has 4 nitrogen and oxygen atoms in total. The molecule has 1 unspecified atom stereocenters. The van der Waals surface area contributed by atoms with Gasteiger partial charge in [0.05, 0.1) is 24.6 Å². The first-order chi connectivity index (χ1) is 6.22. The second-order valence-electron chi connectivity index (χ2n) is 2.50. The minimum atomic E-state index is -0.120. The van der Waals surface area contributed by atoms with E-state index in [1.807, 2.05) is 6.92 Å². The third-order valence-corrected chi connectivity index (χ3v) is 2.49. The Bertz CT molecular complexity index is 143. The van der Waals surface area contributed by atoms with Crippen molar-refractivity contribution >= 4 is 21.8 Å². The SMILES string of the molecule is CCC(Br)C(=O)NCCOCCO. The number of amides is 1. The number of alkyl halides is 1. The first-order valence-corrected chi connectivity index (χ1v) is 5.24. The summed E-state index contributed by atoms with van der Waals surface area (Å²) in [6, 6.07) is 0. The largest absolute Gasteiger partial charge is 0.394 e. The molecule has 1 atom stereocenters. The van der Waals surface area contributed by atoms with Gasteiger partial charge in [-0.3, -0.25) is 4.79 Å². The number of rotatable bonds is 7. The third kappa shape index (κ3) is 6.98. The first-order valence-electron chi connectivity index (χ1n) is 4.32. The van der Waals surface area contributed by atoms with E-state index in [0.717, 1.165) is 6.42 Å². The van der Waals surface area contributed by atoms with Crippen molar-refractivity contribution in [1.29, 1.82) is 0 Å². The van der Waals surface area contributed by atoms with Crippen LogP contribution in [0.15, 0.2) is 0 Å². The Morgan fingerprint density at radius 1 is 1.62 bits per heavy atom. The van der Waals surface area contributed by atoms with Gasteiger partial charge in [-0.25, -0.2) is 0 Å². The molecule has 5 heteroatoms. The van der Waals surface area contributed by atoms with Crippen LogP contribution in [0.3, 0.4) is 0 Å². The van der Waals surface area contributed by atoms with Gasteiger partial charge in [0.2, 0.25) is 5.91 Å². The van der Waals surface area contributed by atoms with E-state index in [-0.39, 0.29) is 17.3 Å². The van der Waals surface area contributed by atoms with Gasteiger partial charge in [-0.2, -0.15) is 0 Å². The number of aliphatic hydroxyl groups excluding tert-OH is 1. The zero-order chi connectivity index (χ0) is 10.1. The number of ether oxygens (including phenoxy) is 1. The van der Waals surface area contributed by atoms with Crippen LogP contribution in [-0.4, -0.2) is 42.2 Å². The van der Waals surface area contributed by atoms with Crippen molar-refractivity contribution in [3.05, 3.63) is 0 Å². The molecule has 0 aliphatic carbocycles. The average molecular weight is 254 g/mol. The summed E-state index contributed by atoms with van der Waals surface area (Å²) < 4.78 is 4.97. The molecule has 0 spiro atoms. The Balaban J connectivity index is 3.27.